The maximum absolute atomic E-state index is 10.8. The smallest absolute Gasteiger partial charge is 0.481 e. The molecule has 0 saturated heterocycles. The zero-order valence-electron chi connectivity index (χ0n) is 60.1. The summed E-state index contributed by atoms with van der Waals surface area (Å²) in [6, 6.07) is 65.0. The van der Waals surface area contributed by atoms with E-state index in [4.69, 9.17) is 113 Å². The lowest BCUT2D eigenvalue weighted by atomic mass is 9.81. The van der Waals surface area contributed by atoms with Crippen molar-refractivity contribution < 1.29 is 39.7 Å². The summed E-state index contributed by atoms with van der Waals surface area (Å²) in [6.45, 7) is 20.0. The van der Waals surface area contributed by atoms with Crippen LogP contribution in [-0.2, 0) is 22.4 Å². The zero-order valence-corrected chi connectivity index (χ0v) is 69.3. The maximum Gasteiger partial charge on any atom is 0.488 e. The molecule has 10 aromatic rings. The largest absolute Gasteiger partial charge is 0.488 e. The van der Waals surface area contributed by atoms with Gasteiger partial charge < -0.3 is 53.8 Å². The number of carbonyl (C=O) groups is 2. The van der Waals surface area contributed by atoms with E-state index in [0.29, 0.717) is 46.1 Å². The molecule has 0 fully saturated rings. The number of nitrogens with one attached hydrogen (secondary N) is 2. The Kier molecular flexibility index (Phi) is 47.7. The highest BCUT2D eigenvalue weighted by atomic mass is 127. The van der Waals surface area contributed by atoms with Crippen LogP contribution in [0, 0.1) is 23.8 Å². The molecule has 14 N–H and O–H groups in total. The van der Waals surface area contributed by atoms with Crippen molar-refractivity contribution in [3.8, 4) is 44.5 Å². The highest BCUT2D eigenvalue weighted by Gasteiger charge is 2.24. The number of hydrogen-bond acceptors (Lipinski definition) is 15. The van der Waals surface area contributed by atoms with Gasteiger partial charge >= 0.3 is 19.1 Å². The fourth-order valence-electron chi connectivity index (χ4n) is 8.90. The van der Waals surface area contributed by atoms with Crippen LogP contribution in [0.1, 0.15) is 80.4 Å². The Morgan fingerprint density at radius 2 is 0.840 bits per heavy atom. The summed E-state index contributed by atoms with van der Waals surface area (Å²) in [6.07, 6.45) is 1.62. The fraction of sp³-hybridized carbons (Fsp3) is 0.192. The van der Waals surface area contributed by atoms with E-state index in [2.05, 4.69) is 50.8 Å². The van der Waals surface area contributed by atoms with Gasteiger partial charge in [-0.1, -0.05) is 307 Å². The predicted octanol–water partition coefficient (Wildman–Crippen LogP) is 22.5. The molecule has 0 aromatic heterocycles. The Morgan fingerprint density at radius 1 is 0.509 bits per heavy atom. The first-order chi connectivity index (χ1) is 50.7. The van der Waals surface area contributed by atoms with Crippen LogP contribution < -0.4 is 39.0 Å². The van der Waals surface area contributed by atoms with Gasteiger partial charge in [-0.05, 0) is 110 Å². The van der Waals surface area contributed by atoms with Crippen LogP contribution in [0.3, 0.4) is 0 Å². The first kappa shape index (κ1) is 95.8. The predicted molar refractivity (Wildman–Crippen MR) is 468 cm³/mol. The van der Waals surface area contributed by atoms with Gasteiger partial charge in [0.05, 0.1) is 62.4 Å². The number of anilines is 6. The van der Waals surface area contributed by atoms with Gasteiger partial charge in [-0.2, -0.15) is 0 Å². The molecule has 2 heterocycles. The standard InChI is InChI=1S/C16H14ClNO2S.C14H10ClNS.C12H9ClN2O2.C12H11ClN2.C6H7BO2.C6H4ClIN2O2.C2H3BrO2.5C2H6/c17-13-8-14-11(7-15(18-14)21-9-16(19)20)6-12(13)10-4-2-1-3-5-10;15-12-8-13-10(7-14(17)16-13)6-11(12)9-4-2-1-3-5-9;13-10-7-11(14)12(15(16)17)6-9(10)8-4-2-1-3-5-8;13-10-7-12(15)11(14)6-9(10)8-4-2-1-3-5-8;8-7(9)6-4-2-1-3-5-6;7-3-1-5(9)6(10(11)12)2-4(3)8;3-1-2(4)5;5*1-2/h1-6,8,15,18H,7,9H2,(H,19,20);1-6,8H,7H2,(H,16,17);1-7H,14H2;1-7H,14-15H2;1-5,8-9H;1-2H,9H2;1H2,(H,4,5);5*1-2H3. The molecule has 106 heavy (non-hydrogen) atoms. The fourth-order valence-corrected chi connectivity index (χ4v) is 11.7. The van der Waals surface area contributed by atoms with Crippen molar-refractivity contribution in [2.45, 2.75) is 87.5 Å². The van der Waals surface area contributed by atoms with Crippen LogP contribution >= 0.6 is 121 Å². The molecule has 0 amide bonds. The molecule has 1 atom stereocenters. The molecule has 12 rings (SSSR count). The molecular formula is C78H88BBrCl5IN8O10S2. The molecule has 28 heteroatoms. The highest BCUT2D eigenvalue weighted by Crippen LogP contribution is 2.41. The van der Waals surface area contributed by atoms with Crippen LogP contribution in [0.15, 0.2) is 212 Å². The summed E-state index contributed by atoms with van der Waals surface area (Å²) < 4.78 is 0.621. The molecule has 1 unspecified atom stereocenters. The van der Waals surface area contributed by atoms with E-state index in [9.17, 15) is 29.8 Å². The number of thioether (sulfide) groups is 1. The van der Waals surface area contributed by atoms with Crippen LogP contribution in [0.2, 0.25) is 25.1 Å². The third kappa shape index (κ3) is 32.5. The van der Waals surface area contributed by atoms with Crippen LogP contribution in [0.5, 0.6) is 0 Å². The lowest BCUT2D eigenvalue weighted by Crippen LogP contribution is -2.29. The monoisotopic (exact) mass is 1750 g/mol. The van der Waals surface area contributed by atoms with Gasteiger partial charge in [-0.15, -0.1) is 11.8 Å². The summed E-state index contributed by atoms with van der Waals surface area (Å²) >= 11 is 41.7. The quantitative estimate of drug-likeness (QED) is 0.0109. The SMILES string of the molecule is CC.CC.CC.CC.CC.Nc1cc(Cl)c(-c2ccccc2)cc1N.Nc1cc(Cl)c(-c2ccccc2)cc1[N+](=O)[O-].Nc1cc(Cl)c(I)cc1[N+](=O)[O-].O=C(O)CBr.O=C(O)CSC1Cc2cc(-c3ccccc3)c(Cl)cc2N1.OB(O)c1ccccc1.S=C1Cc2cc(-c3ccccc3)c(Cl)cc2N1. The van der Waals surface area contributed by atoms with Crippen LogP contribution in [-0.4, -0.2) is 70.6 Å². The molecule has 0 saturated carbocycles. The number of thiocarbonyl (C=S) groups is 1. The Morgan fingerprint density at radius 3 is 1.22 bits per heavy atom. The van der Waals surface area contributed by atoms with Gasteiger partial charge in [-0.25, -0.2) is 0 Å². The van der Waals surface area contributed by atoms with Gasteiger partial charge in [0.15, 0.2) is 0 Å². The molecule has 0 radical (unpaired) electrons. The number of nitrogen functional groups attached to an aromatic ring is 4. The second-order valence-electron chi connectivity index (χ2n) is 20.2. The lowest BCUT2D eigenvalue weighted by molar-refractivity contribution is -0.384. The Hall–Kier alpha value is -8.18. The van der Waals surface area contributed by atoms with Crippen LogP contribution in [0.4, 0.5) is 45.5 Å². The number of nitro benzene ring substituents is 2. The van der Waals surface area contributed by atoms with Gasteiger partial charge in [0.1, 0.15) is 16.7 Å². The van der Waals surface area contributed by atoms with Gasteiger partial charge in [-0.3, -0.25) is 29.8 Å². The minimum absolute atomic E-state index is 0.0347. The van der Waals surface area contributed by atoms with Gasteiger partial charge in [0.25, 0.3) is 11.4 Å². The number of fused-ring (bicyclic) bond motifs is 2. The van der Waals surface area contributed by atoms with Gasteiger partial charge in [0, 0.05) is 62.2 Å². The summed E-state index contributed by atoms with van der Waals surface area (Å²) in [5.74, 6) is -1.52. The third-order valence-electron chi connectivity index (χ3n) is 13.4. The average Bonchev–Trinajstić information content (AvgIpc) is 1.57. The number of nitro groups is 2. The minimum atomic E-state index is -1.34. The molecule has 0 aliphatic carbocycles. The number of nitrogens with two attached hydrogens (primary N) is 4. The second kappa shape index (κ2) is 52.8. The topological polar surface area (TPSA) is 329 Å². The van der Waals surface area contributed by atoms with E-state index >= 15 is 0 Å². The average molecular weight is 1760 g/mol. The van der Waals surface area contributed by atoms with Crippen molar-refractivity contribution >= 4 is 196 Å². The van der Waals surface area contributed by atoms with Gasteiger partial charge in [0.2, 0.25) is 0 Å². The summed E-state index contributed by atoms with van der Waals surface area (Å²) in [5, 5.41) is 64.3. The molecule has 564 valence electrons. The Labute approximate surface area is 678 Å². The van der Waals surface area contributed by atoms with E-state index in [0.717, 1.165) is 73.2 Å². The first-order valence-corrected chi connectivity index (χ1v) is 38.7. The number of alkyl halides is 1. The van der Waals surface area contributed by atoms with Crippen LogP contribution in [0.25, 0.3) is 44.5 Å². The van der Waals surface area contributed by atoms with E-state index in [1.807, 2.05) is 219 Å². The number of carboxylic acid groups (broad SMARTS) is 2. The molecule has 10 aromatic carbocycles. The summed E-state index contributed by atoms with van der Waals surface area (Å²) in [4.78, 5) is 40.9. The van der Waals surface area contributed by atoms with Crippen molar-refractivity contribution in [3.05, 3.63) is 272 Å². The normalized spacial score (nSPS) is 11.0. The van der Waals surface area contributed by atoms with E-state index in [-0.39, 0.29) is 39.2 Å². The number of nitrogens with zero attached hydrogens (tertiary/aromatic N) is 2. The molecule has 18 nitrogen and oxygen atoms in total. The number of halogens is 7. The highest BCUT2D eigenvalue weighted by molar-refractivity contribution is 14.1. The maximum atomic E-state index is 10.8. The van der Waals surface area contributed by atoms with Crippen molar-refractivity contribution in [1.29, 1.82) is 0 Å². The van der Waals surface area contributed by atoms with E-state index in [1.165, 1.54) is 47.2 Å². The Balaban J connectivity index is 0.000000620. The van der Waals surface area contributed by atoms with Crippen molar-refractivity contribution in [3.63, 3.8) is 0 Å². The molecule has 2 aliphatic heterocycles. The number of carboxylic acids is 2. The second-order valence-corrected chi connectivity index (χ2v) is 25.7. The van der Waals surface area contributed by atoms with Crippen molar-refractivity contribution in [2.24, 2.45) is 0 Å². The zero-order chi connectivity index (χ0) is 80.2. The lowest BCUT2D eigenvalue weighted by Gasteiger charge is -2.09. The van der Waals surface area contributed by atoms with Crippen molar-refractivity contribution in [1.82, 2.24) is 0 Å². The number of rotatable bonds is 11. The summed E-state index contributed by atoms with van der Waals surface area (Å²) in [5.41, 5.74) is 35.9. The van der Waals surface area contributed by atoms with Crippen molar-refractivity contribution in [2.75, 3.05) is 44.7 Å². The number of aliphatic carboxylic acids is 2. The molecule has 0 spiro atoms. The Bertz CT molecular complexity index is 4360. The number of benzene rings is 10. The third-order valence-corrected chi connectivity index (χ3v) is 18.0. The number of hydrogen-bond donors (Lipinski definition) is 10. The first-order valence-electron chi connectivity index (χ1n) is 33.2. The van der Waals surface area contributed by atoms with E-state index < -0.39 is 28.9 Å². The summed E-state index contributed by atoms with van der Waals surface area (Å²) in [7, 11) is -1.34. The molecule has 2 aliphatic rings. The minimum Gasteiger partial charge on any atom is -0.481 e. The van der Waals surface area contributed by atoms with E-state index in [1.54, 1.807) is 36.4 Å². The molecular weight excluding hydrogens is 1670 g/mol. The molecule has 0 bridgehead atoms.